The molecule has 0 bridgehead atoms. The van der Waals surface area contributed by atoms with E-state index in [1.54, 1.807) is 38.4 Å². The number of nitrogens with zero attached hydrogens (tertiary/aromatic N) is 4. The van der Waals surface area contributed by atoms with Gasteiger partial charge in [0.2, 0.25) is 11.8 Å². The van der Waals surface area contributed by atoms with E-state index < -0.39 is 11.9 Å². The molecule has 0 saturated heterocycles. The van der Waals surface area contributed by atoms with Crippen LogP contribution >= 0.6 is 0 Å². The largest absolute Gasteiger partial charge is 0.496 e. The number of hydrogen-bond donors (Lipinski definition) is 1. The number of methoxy groups -OCH3 is 1. The molecule has 8 nitrogen and oxygen atoms in total. The molecule has 0 spiro atoms. The van der Waals surface area contributed by atoms with Crippen LogP contribution in [0.25, 0.3) is 11.1 Å². The molecular formula is C20H18N4O4. The van der Waals surface area contributed by atoms with Crippen LogP contribution in [0.15, 0.2) is 40.9 Å². The van der Waals surface area contributed by atoms with Crippen molar-refractivity contribution in [3.63, 3.8) is 0 Å². The summed E-state index contributed by atoms with van der Waals surface area (Å²) >= 11 is 0. The zero-order valence-electron chi connectivity index (χ0n) is 15.4. The van der Waals surface area contributed by atoms with Crippen LogP contribution < -0.4 is 4.74 Å². The van der Waals surface area contributed by atoms with E-state index in [4.69, 9.17) is 14.4 Å². The van der Waals surface area contributed by atoms with Crippen molar-refractivity contribution in [2.24, 2.45) is 0 Å². The van der Waals surface area contributed by atoms with Gasteiger partial charge < -0.3 is 14.3 Å². The molecule has 3 rings (SSSR count). The Labute approximate surface area is 161 Å². The third kappa shape index (κ3) is 4.15. The predicted molar refractivity (Wildman–Crippen MR) is 98.7 cm³/mol. The molecule has 3 aromatic rings. The van der Waals surface area contributed by atoms with Gasteiger partial charge in [0.25, 0.3) is 0 Å². The third-order valence-electron chi connectivity index (χ3n) is 4.21. The SMILES string of the molecule is COc1ccc(CC#N)cc1-c1ccnc(C(CC(=O)O)c2nnc(C)o2)c1. The first-order valence-corrected chi connectivity index (χ1v) is 8.53. The second kappa shape index (κ2) is 8.31. The van der Waals surface area contributed by atoms with Crippen LogP contribution in [0.3, 0.4) is 0 Å². The van der Waals surface area contributed by atoms with Crippen LogP contribution in [0.2, 0.25) is 0 Å². The topological polar surface area (TPSA) is 122 Å². The van der Waals surface area contributed by atoms with Gasteiger partial charge in [0.15, 0.2) is 0 Å². The highest BCUT2D eigenvalue weighted by atomic mass is 16.5. The number of carbonyl (C=O) groups is 1. The lowest BCUT2D eigenvalue weighted by Crippen LogP contribution is -2.10. The maximum absolute atomic E-state index is 11.4. The fraction of sp³-hybridized carbons (Fsp3) is 0.250. The number of pyridine rings is 1. The molecule has 1 unspecified atom stereocenters. The van der Waals surface area contributed by atoms with Crippen LogP contribution in [0.4, 0.5) is 0 Å². The van der Waals surface area contributed by atoms with Crippen molar-refractivity contribution in [3.05, 3.63) is 59.6 Å². The summed E-state index contributed by atoms with van der Waals surface area (Å²) in [7, 11) is 1.57. The highest BCUT2D eigenvalue weighted by molar-refractivity contribution is 5.72. The molecule has 0 aliphatic heterocycles. The molecule has 8 heteroatoms. The maximum Gasteiger partial charge on any atom is 0.304 e. The van der Waals surface area contributed by atoms with Gasteiger partial charge >= 0.3 is 5.97 Å². The first-order valence-electron chi connectivity index (χ1n) is 8.53. The molecule has 0 amide bonds. The molecule has 0 aliphatic carbocycles. The average molecular weight is 378 g/mol. The number of carboxylic acids is 1. The minimum atomic E-state index is -0.998. The van der Waals surface area contributed by atoms with Crippen molar-refractivity contribution in [1.82, 2.24) is 15.2 Å². The van der Waals surface area contributed by atoms with Gasteiger partial charge in [-0.1, -0.05) is 6.07 Å². The third-order valence-corrected chi connectivity index (χ3v) is 4.21. The van der Waals surface area contributed by atoms with Crippen molar-refractivity contribution in [2.45, 2.75) is 25.7 Å². The molecule has 142 valence electrons. The number of aliphatic carboxylic acids is 1. The van der Waals surface area contributed by atoms with Gasteiger partial charge in [-0.2, -0.15) is 5.26 Å². The lowest BCUT2D eigenvalue weighted by Gasteiger charge is -2.14. The number of ether oxygens (including phenoxy) is 1. The fourth-order valence-corrected chi connectivity index (χ4v) is 2.93. The number of nitriles is 1. The minimum absolute atomic E-state index is 0.203. The van der Waals surface area contributed by atoms with E-state index >= 15 is 0 Å². The second-order valence-electron chi connectivity index (χ2n) is 6.15. The highest BCUT2D eigenvalue weighted by Gasteiger charge is 2.25. The van der Waals surface area contributed by atoms with E-state index in [1.165, 1.54) is 0 Å². The Hall–Kier alpha value is -3.73. The van der Waals surface area contributed by atoms with Gasteiger partial charge in [-0.15, -0.1) is 10.2 Å². The van der Waals surface area contributed by atoms with Gasteiger partial charge in [-0.05, 0) is 35.4 Å². The highest BCUT2D eigenvalue weighted by Crippen LogP contribution is 2.34. The summed E-state index contributed by atoms with van der Waals surface area (Å²) in [5.41, 5.74) is 2.92. The van der Waals surface area contributed by atoms with Gasteiger partial charge in [0.1, 0.15) is 5.75 Å². The number of benzene rings is 1. The summed E-state index contributed by atoms with van der Waals surface area (Å²) in [5.74, 6) is -0.474. The zero-order valence-corrected chi connectivity index (χ0v) is 15.4. The van der Waals surface area contributed by atoms with E-state index in [9.17, 15) is 9.90 Å². The minimum Gasteiger partial charge on any atom is -0.496 e. The van der Waals surface area contributed by atoms with Crippen molar-refractivity contribution >= 4 is 5.97 Å². The summed E-state index contributed by atoms with van der Waals surface area (Å²) in [4.78, 5) is 15.7. The molecule has 0 radical (unpaired) electrons. The maximum atomic E-state index is 11.4. The Balaban J connectivity index is 2.07. The average Bonchev–Trinajstić information content (AvgIpc) is 3.12. The van der Waals surface area contributed by atoms with Gasteiger partial charge in [0, 0.05) is 18.7 Å². The van der Waals surface area contributed by atoms with E-state index in [0.29, 0.717) is 17.3 Å². The Bertz CT molecular complexity index is 1040. The molecule has 1 aromatic carbocycles. The van der Waals surface area contributed by atoms with Gasteiger partial charge in [-0.25, -0.2) is 0 Å². The number of hydrogen-bond acceptors (Lipinski definition) is 7. The van der Waals surface area contributed by atoms with E-state index in [-0.39, 0.29) is 18.7 Å². The number of aromatic nitrogens is 3. The summed E-state index contributed by atoms with van der Waals surface area (Å²) in [5, 5.41) is 26.0. The van der Waals surface area contributed by atoms with E-state index in [2.05, 4.69) is 21.3 Å². The first kappa shape index (κ1) is 19.0. The number of rotatable bonds is 7. The van der Waals surface area contributed by atoms with Crippen molar-refractivity contribution in [2.75, 3.05) is 7.11 Å². The zero-order chi connectivity index (χ0) is 20.1. The molecule has 2 heterocycles. The summed E-state index contributed by atoms with van der Waals surface area (Å²) in [6.45, 7) is 1.64. The molecule has 2 aromatic heterocycles. The monoisotopic (exact) mass is 378 g/mol. The second-order valence-corrected chi connectivity index (χ2v) is 6.15. The van der Waals surface area contributed by atoms with Crippen LogP contribution in [-0.4, -0.2) is 33.4 Å². The van der Waals surface area contributed by atoms with Crippen LogP contribution in [0, 0.1) is 18.3 Å². The number of carboxylic acid groups (broad SMARTS) is 1. The van der Waals surface area contributed by atoms with Crippen molar-refractivity contribution < 1.29 is 19.1 Å². The molecule has 28 heavy (non-hydrogen) atoms. The standard InChI is InChI=1S/C20H18N4O4/c1-12-23-24-20(28-12)16(11-19(25)26)17-10-14(6-8-22-17)15-9-13(5-7-21)3-4-18(15)27-2/h3-4,6,8-10,16H,5,11H2,1-2H3,(H,25,26). The summed E-state index contributed by atoms with van der Waals surface area (Å²) in [6.07, 6.45) is 1.64. The predicted octanol–water partition coefficient (Wildman–Crippen LogP) is 3.12. The molecular weight excluding hydrogens is 360 g/mol. The Morgan fingerprint density at radius 3 is 2.79 bits per heavy atom. The molecule has 1 atom stereocenters. The quantitative estimate of drug-likeness (QED) is 0.665. The molecule has 1 N–H and O–H groups in total. The van der Waals surface area contributed by atoms with E-state index in [1.807, 2.05) is 12.1 Å². The Kier molecular flexibility index (Phi) is 5.65. The first-order chi connectivity index (χ1) is 13.5. The van der Waals surface area contributed by atoms with E-state index in [0.717, 1.165) is 16.7 Å². The lowest BCUT2D eigenvalue weighted by atomic mass is 9.96. The molecule has 0 fully saturated rings. The fourth-order valence-electron chi connectivity index (χ4n) is 2.93. The van der Waals surface area contributed by atoms with Crippen LogP contribution in [0.5, 0.6) is 5.75 Å². The lowest BCUT2D eigenvalue weighted by molar-refractivity contribution is -0.137. The Morgan fingerprint density at radius 1 is 1.32 bits per heavy atom. The molecule has 0 aliphatic rings. The van der Waals surface area contributed by atoms with Crippen LogP contribution in [-0.2, 0) is 11.2 Å². The van der Waals surface area contributed by atoms with Gasteiger partial charge in [0.05, 0.1) is 37.6 Å². The van der Waals surface area contributed by atoms with Crippen LogP contribution in [0.1, 0.15) is 35.4 Å². The molecule has 0 saturated carbocycles. The smallest absolute Gasteiger partial charge is 0.304 e. The summed E-state index contributed by atoms with van der Waals surface area (Å²) in [6, 6.07) is 11.2. The Morgan fingerprint density at radius 2 is 2.14 bits per heavy atom. The number of aryl methyl sites for hydroxylation is 1. The van der Waals surface area contributed by atoms with Crippen molar-refractivity contribution in [1.29, 1.82) is 5.26 Å². The summed E-state index contributed by atoms with van der Waals surface area (Å²) < 4.78 is 10.9. The van der Waals surface area contributed by atoms with Crippen molar-refractivity contribution in [3.8, 4) is 22.9 Å². The normalized spacial score (nSPS) is 11.6. The van der Waals surface area contributed by atoms with Gasteiger partial charge in [-0.3, -0.25) is 9.78 Å².